The fraction of sp³-hybridized carbons (Fsp3) is 0.333. The zero-order valence-electron chi connectivity index (χ0n) is 17.9. The molecule has 2 aromatic carbocycles. The van der Waals surface area contributed by atoms with Gasteiger partial charge in [0.1, 0.15) is 0 Å². The van der Waals surface area contributed by atoms with E-state index in [9.17, 15) is 4.79 Å². The number of aromatic nitrogens is 4. The van der Waals surface area contributed by atoms with E-state index in [2.05, 4.69) is 25.7 Å². The molecule has 32 heavy (non-hydrogen) atoms. The largest absolute Gasteiger partial charge is 0.493 e. The number of methoxy groups -OCH3 is 2. The van der Waals surface area contributed by atoms with Crippen molar-refractivity contribution < 1.29 is 14.3 Å². The molecule has 1 saturated heterocycles. The Morgan fingerprint density at radius 3 is 2.44 bits per heavy atom. The molecule has 1 aromatic heterocycles. The number of piperazine rings is 1. The number of hydrogen-bond acceptors (Lipinski definition) is 7. The van der Waals surface area contributed by atoms with E-state index in [0.717, 1.165) is 11.5 Å². The summed E-state index contributed by atoms with van der Waals surface area (Å²) in [6.45, 7) is 3.21. The van der Waals surface area contributed by atoms with Crippen molar-refractivity contribution >= 4 is 23.3 Å². The second kappa shape index (κ2) is 9.84. The molecule has 1 N–H and O–H groups in total. The first-order valence-corrected chi connectivity index (χ1v) is 10.5. The Morgan fingerprint density at radius 1 is 1.03 bits per heavy atom. The van der Waals surface area contributed by atoms with Gasteiger partial charge >= 0.3 is 6.03 Å². The molecule has 0 spiro atoms. The lowest BCUT2D eigenvalue weighted by Crippen LogP contribution is -2.49. The molecule has 1 aliphatic rings. The third-order valence-electron chi connectivity index (χ3n) is 5.26. The minimum Gasteiger partial charge on any atom is -0.493 e. The van der Waals surface area contributed by atoms with Crippen LogP contribution in [0.3, 0.4) is 0 Å². The van der Waals surface area contributed by atoms with E-state index in [1.807, 2.05) is 12.1 Å². The van der Waals surface area contributed by atoms with Crippen molar-refractivity contribution in [3.63, 3.8) is 0 Å². The number of carbonyl (C=O) groups excluding carboxylic acids is 1. The van der Waals surface area contributed by atoms with Gasteiger partial charge in [0.2, 0.25) is 0 Å². The number of halogens is 1. The summed E-state index contributed by atoms with van der Waals surface area (Å²) >= 11 is 5.97. The Balaban J connectivity index is 1.33. The summed E-state index contributed by atoms with van der Waals surface area (Å²) < 4.78 is 12.2. The normalized spacial score (nSPS) is 14.3. The molecule has 0 bridgehead atoms. The number of rotatable bonds is 6. The van der Waals surface area contributed by atoms with Crippen molar-refractivity contribution in [1.29, 1.82) is 0 Å². The molecule has 2 amide bonds. The Bertz CT molecular complexity index is 1070. The summed E-state index contributed by atoms with van der Waals surface area (Å²) in [7, 11) is 3.13. The van der Waals surface area contributed by atoms with E-state index < -0.39 is 0 Å². The number of carbonyl (C=O) groups is 1. The van der Waals surface area contributed by atoms with Crippen LogP contribution >= 0.6 is 11.6 Å². The molecule has 4 rings (SSSR count). The van der Waals surface area contributed by atoms with E-state index in [4.69, 9.17) is 21.1 Å². The van der Waals surface area contributed by atoms with Gasteiger partial charge in [0.25, 0.3) is 0 Å². The van der Waals surface area contributed by atoms with E-state index in [1.165, 1.54) is 0 Å². The van der Waals surface area contributed by atoms with Gasteiger partial charge < -0.3 is 19.7 Å². The van der Waals surface area contributed by atoms with Crippen molar-refractivity contribution in [3.05, 3.63) is 53.3 Å². The molecule has 1 fully saturated rings. The van der Waals surface area contributed by atoms with Crippen LogP contribution in [0.1, 0.15) is 5.82 Å². The van der Waals surface area contributed by atoms with Gasteiger partial charge in [0.05, 0.1) is 26.5 Å². The smallest absolute Gasteiger partial charge is 0.321 e. The fourth-order valence-electron chi connectivity index (χ4n) is 3.51. The summed E-state index contributed by atoms with van der Waals surface area (Å²) in [5, 5.41) is 15.6. The van der Waals surface area contributed by atoms with E-state index in [0.29, 0.717) is 54.9 Å². The van der Waals surface area contributed by atoms with Gasteiger partial charge in [-0.05, 0) is 46.8 Å². The van der Waals surface area contributed by atoms with Crippen molar-refractivity contribution in [1.82, 2.24) is 30.0 Å². The quantitative estimate of drug-likeness (QED) is 0.607. The van der Waals surface area contributed by atoms with Gasteiger partial charge in [-0.25, -0.2) is 4.79 Å². The van der Waals surface area contributed by atoms with Crippen LogP contribution in [0.15, 0.2) is 42.5 Å². The summed E-state index contributed by atoms with van der Waals surface area (Å²) in [6.07, 6.45) is 0. The maximum atomic E-state index is 12.7. The second-order valence-electron chi connectivity index (χ2n) is 7.25. The van der Waals surface area contributed by atoms with Crippen LogP contribution in [0, 0.1) is 0 Å². The highest BCUT2D eigenvalue weighted by molar-refractivity contribution is 6.30. The Morgan fingerprint density at radius 2 is 1.75 bits per heavy atom. The minimum atomic E-state index is -0.150. The minimum absolute atomic E-state index is 0.150. The van der Waals surface area contributed by atoms with Crippen molar-refractivity contribution in [2.75, 3.05) is 45.7 Å². The molecule has 0 radical (unpaired) electrons. The molecular weight excluding hydrogens is 434 g/mol. The second-order valence-corrected chi connectivity index (χ2v) is 7.68. The third-order valence-corrected chi connectivity index (χ3v) is 5.52. The number of benzene rings is 2. The number of urea groups is 1. The van der Waals surface area contributed by atoms with Crippen LogP contribution in [0.2, 0.25) is 5.02 Å². The summed E-state index contributed by atoms with van der Waals surface area (Å²) in [5.74, 6) is 1.91. The lowest BCUT2D eigenvalue weighted by atomic mass is 10.2. The van der Waals surface area contributed by atoms with Gasteiger partial charge in [0.15, 0.2) is 17.3 Å². The van der Waals surface area contributed by atoms with Gasteiger partial charge in [-0.3, -0.25) is 4.90 Å². The maximum absolute atomic E-state index is 12.7. The molecule has 2 heterocycles. The van der Waals surface area contributed by atoms with Crippen molar-refractivity contribution in [2.45, 2.75) is 6.54 Å². The average Bonchev–Trinajstić information content (AvgIpc) is 3.28. The van der Waals surface area contributed by atoms with Crippen LogP contribution in [0.25, 0.3) is 5.69 Å². The molecule has 0 atom stereocenters. The number of anilines is 1. The Kier molecular flexibility index (Phi) is 6.72. The molecule has 0 aliphatic carbocycles. The molecule has 0 unspecified atom stereocenters. The first-order valence-electron chi connectivity index (χ1n) is 10.1. The number of amides is 2. The van der Waals surface area contributed by atoms with Crippen molar-refractivity contribution in [2.24, 2.45) is 0 Å². The highest BCUT2D eigenvalue weighted by atomic mass is 35.5. The van der Waals surface area contributed by atoms with Gasteiger partial charge in [-0.1, -0.05) is 11.6 Å². The predicted octanol–water partition coefficient (Wildman–Crippen LogP) is 2.68. The van der Waals surface area contributed by atoms with Gasteiger partial charge in [-0.2, -0.15) is 4.68 Å². The molecule has 1 aliphatic heterocycles. The van der Waals surface area contributed by atoms with Crippen LogP contribution in [0.4, 0.5) is 10.5 Å². The fourth-order valence-corrected chi connectivity index (χ4v) is 3.64. The standard InChI is InChI=1S/C21H24ClN7O3/c1-31-18-8-5-16(13-19(18)32-2)23-21(30)28-11-9-27(10-12-28)14-20-24-25-26-29(20)17-6-3-15(22)4-7-17/h3-8,13H,9-12,14H2,1-2H3,(H,23,30). The zero-order valence-corrected chi connectivity index (χ0v) is 18.6. The Hall–Kier alpha value is -3.37. The topological polar surface area (TPSA) is 97.6 Å². The lowest BCUT2D eigenvalue weighted by molar-refractivity contribution is 0.140. The molecule has 11 heteroatoms. The lowest BCUT2D eigenvalue weighted by Gasteiger charge is -2.34. The van der Waals surface area contributed by atoms with E-state index in [1.54, 1.807) is 54.1 Å². The average molecular weight is 458 g/mol. The SMILES string of the molecule is COc1ccc(NC(=O)N2CCN(Cc3nnnn3-c3ccc(Cl)cc3)CC2)cc1OC. The number of tetrazole rings is 1. The van der Waals surface area contributed by atoms with E-state index in [-0.39, 0.29) is 6.03 Å². The van der Waals surface area contributed by atoms with Crippen LogP contribution in [-0.4, -0.2) is 76.4 Å². The summed E-state index contributed by atoms with van der Waals surface area (Å²) in [6, 6.07) is 12.5. The third kappa shape index (κ3) is 4.92. The van der Waals surface area contributed by atoms with Crippen molar-refractivity contribution in [3.8, 4) is 17.2 Å². The van der Waals surface area contributed by atoms with Crippen LogP contribution in [0.5, 0.6) is 11.5 Å². The molecule has 168 valence electrons. The monoisotopic (exact) mass is 457 g/mol. The highest BCUT2D eigenvalue weighted by Crippen LogP contribution is 2.29. The molecule has 10 nitrogen and oxygen atoms in total. The Labute approximate surface area is 190 Å². The number of nitrogens with zero attached hydrogens (tertiary/aromatic N) is 6. The summed E-state index contributed by atoms with van der Waals surface area (Å²) in [5.41, 5.74) is 1.50. The highest BCUT2D eigenvalue weighted by Gasteiger charge is 2.23. The van der Waals surface area contributed by atoms with Crippen LogP contribution < -0.4 is 14.8 Å². The number of ether oxygens (including phenoxy) is 2. The van der Waals surface area contributed by atoms with Gasteiger partial charge in [-0.15, -0.1) is 5.10 Å². The maximum Gasteiger partial charge on any atom is 0.321 e. The first-order chi connectivity index (χ1) is 15.6. The van der Waals surface area contributed by atoms with Gasteiger partial charge in [0, 0.05) is 43.0 Å². The number of hydrogen-bond donors (Lipinski definition) is 1. The molecule has 0 saturated carbocycles. The van der Waals surface area contributed by atoms with Crippen LogP contribution in [-0.2, 0) is 6.54 Å². The predicted molar refractivity (Wildman–Crippen MR) is 120 cm³/mol. The zero-order chi connectivity index (χ0) is 22.5. The first kappa shape index (κ1) is 21.8. The molecule has 3 aromatic rings. The van der Waals surface area contributed by atoms with E-state index >= 15 is 0 Å². The summed E-state index contributed by atoms with van der Waals surface area (Å²) in [4.78, 5) is 16.7. The molecular formula is C21H24ClN7O3. The number of nitrogens with one attached hydrogen (secondary N) is 1.